The summed E-state index contributed by atoms with van der Waals surface area (Å²) in [5.74, 6) is 0.710. The lowest BCUT2D eigenvalue weighted by Crippen LogP contribution is -2.44. The third-order valence-corrected chi connectivity index (χ3v) is 5.07. The van der Waals surface area contributed by atoms with Crippen LogP contribution < -0.4 is 20.7 Å². The van der Waals surface area contributed by atoms with Crippen LogP contribution in [0.1, 0.15) is 47.0 Å². The zero-order valence-electron chi connectivity index (χ0n) is 16.2. The van der Waals surface area contributed by atoms with Crippen LogP contribution in [0.5, 0.6) is 0 Å². The van der Waals surface area contributed by atoms with Gasteiger partial charge < -0.3 is 16.0 Å². The Bertz CT molecular complexity index is 557. The molecule has 0 saturated heterocycles. The fourth-order valence-corrected chi connectivity index (χ4v) is 3.27. The maximum absolute atomic E-state index is 12.0. The van der Waals surface area contributed by atoms with Crippen molar-refractivity contribution in [3.05, 3.63) is 0 Å². The highest BCUT2D eigenvalue weighted by atomic mass is 127. The van der Waals surface area contributed by atoms with Gasteiger partial charge in [-0.1, -0.05) is 6.42 Å². The molecule has 0 bridgehead atoms. The third kappa shape index (κ3) is 11.9. The van der Waals surface area contributed by atoms with E-state index in [1.165, 1.54) is 6.42 Å². The van der Waals surface area contributed by atoms with Crippen molar-refractivity contribution in [2.75, 3.05) is 31.9 Å². The van der Waals surface area contributed by atoms with Crippen molar-refractivity contribution in [2.45, 2.75) is 52.5 Å². The summed E-state index contributed by atoms with van der Waals surface area (Å²) < 4.78 is 26.6. The Morgan fingerprint density at radius 3 is 2.35 bits per heavy atom. The van der Waals surface area contributed by atoms with Crippen LogP contribution in [-0.2, 0) is 14.8 Å². The highest BCUT2D eigenvalue weighted by Crippen LogP contribution is 2.25. The van der Waals surface area contributed by atoms with Gasteiger partial charge in [-0.25, -0.2) is 18.1 Å². The summed E-state index contributed by atoms with van der Waals surface area (Å²) in [5, 5.41) is 8.78. The van der Waals surface area contributed by atoms with Crippen LogP contribution in [0.15, 0.2) is 4.99 Å². The van der Waals surface area contributed by atoms with Crippen LogP contribution >= 0.6 is 24.0 Å². The minimum atomic E-state index is -3.29. The number of nitrogens with one attached hydrogen (secondary N) is 4. The lowest BCUT2D eigenvalue weighted by atomic mass is 9.86. The van der Waals surface area contributed by atoms with Crippen molar-refractivity contribution in [2.24, 2.45) is 10.9 Å². The Morgan fingerprint density at radius 2 is 1.85 bits per heavy atom. The van der Waals surface area contributed by atoms with Crippen molar-refractivity contribution < 1.29 is 13.2 Å². The predicted octanol–water partition coefficient (Wildman–Crippen LogP) is 0.794. The number of amides is 1. The minimum Gasteiger partial charge on any atom is -0.357 e. The number of sulfonamides is 1. The van der Waals surface area contributed by atoms with Crippen LogP contribution in [0.3, 0.4) is 0 Å². The molecule has 1 fully saturated rings. The first-order chi connectivity index (χ1) is 11.6. The average molecular weight is 503 g/mol. The van der Waals surface area contributed by atoms with Gasteiger partial charge in [-0.2, -0.15) is 0 Å². The number of aliphatic imine (C=N–C) groups is 1. The molecule has 1 aliphatic rings. The molecular weight excluding hydrogens is 469 g/mol. The fourth-order valence-electron chi connectivity index (χ4n) is 2.27. The molecular formula is C16H34IN5O3S. The summed E-state index contributed by atoms with van der Waals surface area (Å²) >= 11 is 0. The van der Waals surface area contributed by atoms with Gasteiger partial charge in [-0.05, 0) is 46.5 Å². The molecule has 0 spiro atoms. The predicted molar refractivity (Wildman–Crippen MR) is 116 cm³/mol. The van der Waals surface area contributed by atoms with E-state index in [1.54, 1.807) is 0 Å². The summed E-state index contributed by atoms with van der Waals surface area (Å²) in [6, 6.07) is 0. The Balaban J connectivity index is 0.00000625. The van der Waals surface area contributed by atoms with Gasteiger partial charge in [0.15, 0.2) is 5.96 Å². The molecule has 26 heavy (non-hydrogen) atoms. The number of hydrogen-bond acceptors (Lipinski definition) is 4. The van der Waals surface area contributed by atoms with E-state index >= 15 is 0 Å². The van der Waals surface area contributed by atoms with Crippen molar-refractivity contribution >= 4 is 45.9 Å². The molecule has 1 saturated carbocycles. The van der Waals surface area contributed by atoms with Gasteiger partial charge in [-0.15, -0.1) is 24.0 Å². The molecule has 0 aliphatic heterocycles. The average Bonchev–Trinajstić information content (AvgIpc) is 2.41. The SMILES string of the molecule is CCNC(=NCC(=O)NC(C)(C)C)NCCS(=O)(=O)NCC1CCC1.I. The number of nitrogens with zero attached hydrogens (tertiary/aromatic N) is 1. The summed E-state index contributed by atoms with van der Waals surface area (Å²) in [5.41, 5.74) is -0.307. The first kappa shape index (κ1) is 25.4. The second-order valence-electron chi connectivity index (χ2n) is 7.38. The molecule has 0 radical (unpaired) electrons. The van der Waals surface area contributed by atoms with Crippen molar-refractivity contribution in [3.8, 4) is 0 Å². The molecule has 1 aliphatic carbocycles. The van der Waals surface area contributed by atoms with Gasteiger partial charge in [0, 0.05) is 25.2 Å². The second kappa shape index (κ2) is 12.0. The highest BCUT2D eigenvalue weighted by molar-refractivity contribution is 14.0. The van der Waals surface area contributed by atoms with E-state index in [0.717, 1.165) is 12.8 Å². The van der Waals surface area contributed by atoms with Crippen LogP contribution in [0, 0.1) is 5.92 Å². The van der Waals surface area contributed by atoms with E-state index in [2.05, 4.69) is 25.7 Å². The van der Waals surface area contributed by atoms with E-state index < -0.39 is 10.0 Å². The lowest BCUT2D eigenvalue weighted by Gasteiger charge is -2.25. The molecule has 0 unspecified atom stereocenters. The van der Waals surface area contributed by atoms with Crippen LogP contribution in [0.25, 0.3) is 0 Å². The molecule has 4 N–H and O–H groups in total. The number of carbonyl (C=O) groups is 1. The largest absolute Gasteiger partial charge is 0.357 e. The zero-order chi connectivity index (χ0) is 18.9. The number of hydrogen-bond donors (Lipinski definition) is 4. The topological polar surface area (TPSA) is 112 Å². The molecule has 8 nitrogen and oxygen atoms in total. The van der Waals surface area contributed by atoms with Gasteiger partial charge in [0.05, 0.1) is 5.75 Å². The van der Waals surface area contributed by atoms with Crippen LogP contribution in [0.4, 0.5) is 0 Å². The van der Waals surface area contributed by atoms with Gasteiger partial charge in [0.25, 0.3) is 0 Å². The van der Waals surface area contributed by atoms with E-state index in [-0.39, 0.29) is 54.3 Å². The van der Waals surface area contributed by atoms with Crippen molar-refractivity contribution in [3.63, 3.8) is 0 Å². The first-order valence-electron chi connectivity index (χ1n) is 8.92. The standard InChI is InChI=1S/C16H33N5O3S.HI/c1-5-17-15(19-12-14(22)21-16(2,3)4)18-9-10-25(23,24)20-11-13-7-6-8-13;/h13,20H,5-12H2,1-4H3,(H,21,22)(H2,17,18,19);1H. The third-order valence-electron chi connectivity index (χ3n) is 3.72. The number of carbonyl (C=O) groups excluding carboxylic acids is 1. The zero-order valence-corrected chi connectivity index (χ0v) is 19.4. The molecule has 1 rings (SSSR count). The number of halogens is 1. The molecule has 0 heterocycles. The van der Waals surface area contributed by atoms with Gasteiger partial charge in [0.1, 0.15) is 6.54 Å². The lowest BCUT2D eigenvalue weighted by molar-refractivity contribution is -0.121. The van der Waals surface area contributed by atoms with E-state index in [1.807, 2.05) is 27.7 Å². The van der Waals surface area contributed by atoms with E-state index in [9.17, 15) is 13.2 Å². The van der Waals surface area contributed by atoms with E-state index in [4.69, 9.17) is 0 Å². The maximum atomic E-state index is 12.0. The van der Waals surface area contributed by atoms with Gasteiger partial charge >= 0.3 is 0 Å². The van der Waals surface area contributed by atoms with Gasteiger partial charge in [-0.3, -0.25) is 4.79 Å². The Labute approximate surface area is 174 Å². The van der Waals surface area contributed by atoms with Crippen molar-refractivity contribution in [1.29, 1.82) is 0 Å². The maximum Gasteiger partial charge on any atom is 0.242 e. The number of guanidine groups is 1. The molecule has 10 heteroatoms. The molecule has 1 amide bonds. The first-order valence-corrected chi connectivity index (χ1v) is 10.6. The summed E-state index contributed by atoms with van der Waals surface area (Å²) in [7, 11) is -3.29. The highest BCUT2D eigenvalue weighted by Gasteiger charge is 2.20. The van der Waals surface area contributed by atoms with Crippen LogP contribution in [0.2, 0.25) is 0 Å². The summed E-state index contributed by atoms with van der Waals surface area (Å²) in [6.07, 6.45) is 3.41. The molecule has 154 valence electrons. The van der Waals surface area contributed by atoms with E-state index in [0.29, 0.717) is 25.0 Å². The Kier molecular flexibility index (Phi) is 11.7. The summed E-state index contributed by atoms with van der Waals surface area (Å²) in [4.78, 5) is 16.0. The second-order valence-corrected chi connectivity index (χ2v) is 9.31. The normalized spacial score (nSPS) is 15.6. The number of rotatable bonds is 9. The monoisotopic (exact) mass is 503 g/mol. The summed E-state index contributed by atoms with van der Waals surface area (Å²) in [6.45, 7) is 8.98. The molecule has 0 aromatic heterocycles. The molecule has 0 atom stereocenters. The van der Waals surface area contributed by atoms with Crippen molar-refractivity contribution in [1.82, 2.24) is 20.7 Å². The quantitative estimate of drug-likeness (QED) is 0.211. The Morgan fingerprint density at radius 1 is 1.19 bits per heavy atom. The van der Waals surface area contributed by atoms with Gasteiger partial charge in [0.2, 0.25) is 15.9 Å². The minimum absolute atomic E-state index is 0. The van der Waals surface area contributed by atoms with Crippen LogP contribution in [-0.4, -0.2) is 57.8 Å². The Hall–Kier alpha value is -0.620. The molecule has 0 aromatic carbocycles. The fraction of sp³-hybridized carbons (Fsp3) is 0.875. The molecule has 0 aromatic rings. The smallest absolute Gasteiger partial charge is 0.242 e.